The summed E-state index contributed by atoms with van der Waals surface area (Å²) in [5, 5.41) is 7.72. The zero-order chi connectivity index (χ0) is 18.1. The molecular weight excluding hydrogens is 328 g/mol. The zero-order valence-electron chi connectivity index (χ0n) is 14.5. The third-order valence-electron chi connectivity index (χ3n) is 4.31. The van der Waals surface area contributed by atoms with Crippen molar-refractivity contribution in [3.05, 3.63) is 65.1 Å². The highest BCUT2D eigenvalue weighted by Crippen LogP contribution is 2.31. The Kier molecular flexibility index (Phi) is 4.51. The molecule has 0 aliphatic heterocycles. The van der Waals surface area contributed by atoms with Gasteiger partial charge < -0.3 is 15.5 Å². The van der Waals surface area contributed by atoms with Crippen LogP contribution in [0.15, 0.2) is 48.3 Å². The number of thiocarbonyl (C=S) groups is 1. The third-order valence-corrected chi connectivity index (χ3v) is 4.55. The van der Waals surface area contributed by atoms with Crippen molar-refractivity contribution in [2.45, 2.75) is 20.8 Å². The summed E-state index contributed by atoms with van der Waals surface area (Å²) in [6.07, 6.45) is 3.30. The lowest BCUT2D eigenvalue weighted by Crippen LogP contribution is -2.01. The average molecular weight is 348 g/mol. The summed E-state index contributed by atoms with van der Waals surface area (Å²) in [5.74, 6) is 0. The van der Waals surface area contributed by atoms with Crippen molar-refractivity contribution in [3.63, 3.8) is 0 Å². The van der Waals surface area contributed by atoms with Gasteiger partial charge in [0.25, 0.3) is 0 Å². The highest BCUT2D eigenvalue weighted by Gasteiger charge is 2.16. The normalized spacial score (nSPS) is 12.1. The molecule has 0 radical (unpaired) electrons. The molecule has 3 aromatic rings. The molecular formula is C20H20N4S. The molecule has 0 spiro atoms. The van der Waals surface area contributed by atoms with Crippen LogP contribution in [0.3, 0.4) is 0 Å². The van der Waals surface area contributed by atoms with Crippen molar-refractivity contribution < 1.29 is 0 Å². The van der Waals surface area contributed by atoms with E-state index in [1.807, 2.05) is 63.4 Å². The standard InChI is InChI=1S/C20H20N4S/c1-12(22)18(11-21)16-6-4-5-7-17(16)20-13(2)24-9-8-15(14(3)25)10-19(24)23-20/h4-11,21H,22H2,1-3H3/b18-12+,21-11?. The fourth-order valence-corrected chi connectivity index (χ4v) is 3.10. The highest BCUT2D eigenvalue weighted by atomic mass is 32.1. The number of aromatic nitrogens is 2. The number of pyridine rings is 1. The molecule has 5 heteroatoms. The largest absolute Gasteiger partial charge is 0.402 e. The Labute approximate surface area is 152 Å². The average Bonchev–Trinajstić information content (AvgIpc) is 2.92. The molecule has 0 aliphatic carbocycles. The van der Waals surface area contributed by atoms with Crippen LogP contribution in [0.5, 0.6) is 0 Å². The van der Waals surface area contributed by atoms with Gasteiger partial charge in [0, 0.05) is 39.8 Å². The summed E-state index contributed by atoms with van der Waals surface area (Å²) in [5.41, 5.74) is 13.0. The Morgan fingerprint density at radius 3 is 2.60 bits per heavy atom. The van der Waals surface area contributed by atoms with Gasteiger partial charge in [-0.3, -0.25) is 0 Å². The summed E-state index contributed by atoms with van der Waals surface area (Å²) < 4.78 is 2.05. The summed E-state index contributed by atoms with van der Waals surface area (Å²) in [6, 6.07) is 11.9. The van der Waals surface area contributed by atoms with Crippen molar-refractivity contribution in [2.75, 3.05) is 0 Å². The Morgan fingerprint density at radius 1 is 1.24 bits per heavy atom. The Morgan fingerprint density at radius 2 is 1.96 bits per heavy atom. The van der Waals surface area contributed by atoms with Crippen LogP contribution in [0.2, 0.25) is 0 Å². The maximum Gasteiger partial charge on any atom is 0.138 e. The van der Waals surface area contributed by atoms with Crippen LogP contribution in [0.4, 0.5) is 0 Å². The highest BCUT2D eigenvalue weighted by molar-refractivity contribution is 7.80. The van der Waals surface area contributed by atoms with E-state index >= 15 is 0 Å². The number of imidazole rings is 1. The van der Waals surface area contributed by atoms with Crippen LogP contribution in [-0.2, 0) is 0 Å². The summed E-state index contributed by atoms with van der Waals surface area (Å²) >= 11 is 5.28. The monoisotopic (exact) mass is 348 g/mol. The van der Waals surface area contributed by atoms with Gasteiger partial charge in [-0.1, -0.05) is 36.5 Å². The first-order valence-corrected chi connectivity index (χ1v) is 8.41. The molecule has 0 amide bonds. The number of nitrogens with zero attached hydrogens (tertiary/aromatic N) is 2. The molecule has 1 aromatic carbocycles. The van der Waals surface area contributed by atoms with Crippen molar-refractivity contribution >= 4 is 34.5 Å². The predicted molar refractivity (Wildman–Crippen MR) is 108 cm³/mol. The minimum Gasteiger partial charge on any atom is -0.402 e. The minimum absolute atomic E-state index is 0.613. The number of hydrogen-bond acceptors (Lipinski definition) is 4. The van der Waals surface area contributed by atoms with Crippen LogP contribution in [-0.4, -0.2) is 20.5 Å². The smallest absolute Gasteiger partial charge is 0.138 e. The second kappa shape index (κ2) is 6.61. The van der Waals surface area contributed by atoms with E-state index in [1.165, 1.54) is 6.21 Å². The van der Waals surface area contributed by atoms with E-state index in [4.69, 9.17) is 28.3 Å². The number of benzene rings is 1. The number of fused-ring (bicyclic) bond motifs is 1. The van der Waals surface area contributed by atoms with Gasteiger partial charge in [0.15, 0.2) is 0 Å². The van der Waals surface area contributed by atoms with Crippen LogP contribution in [0.1, 0.15) is 30.7 Å². The van der Waals surface area contributed by atoms with Crippen LogP contribution in [0.25, 0.3) is 22.5 Å². The van der Waals surface area contributed by atoms with Gasteiger partial charge in [0.2, 0.25) is 0 Å². The van der Waals surface area contributed by atoms with E-state index < -0.39 is 0 Å². The number of nitrogens with one attached hydrogen (secondary N) is 1. The third kappa shape index (κ3) is 2.98. The van der Waals surface area contributed by atoms with E-state index in [2.05, 4.69) is 4.40 Å². The number of rotatable bonds is 4. The summed E-state index contributed by atoms with van der Waals surface area (Å²) in [6.45, 7) is 5.76. The zero-order valence-corrected chi connectivity index (χ0v) is 15.3. The second-order valence-corrected chi connectivity index (χ2v) is 6.64. The van der Waals surface area contributed by atoms with Crippen LogP contribution < -0.4 is 5.73 Å². The molecule has 0 bridgehead atoms. The Balaban J connectivity index is 2.28. The molecule has 0 saturated heterocycles. The van der Waals surface area contributed by atoms with E-state index in [1.54, 1.807) is 0 Å². The summed E-state index contributed by atoms with van der Waals surface area (Å²) in [4.78, 5) is 5.67. The quantitative estimate of drug-likeness (QED) is 0.417. The molecule has 4 nitrogen and oxygen atoms in total. The lowest BCUT2D eigenvalue weighted by molar-refractivity contribution is 1.11. The van der Waals surface area contributed by atoms with Crippen molar-refractivity contribution in [2.24, 2.45) is 5.73 Å². The van der Waals surface area contributed by atoms with E-state index in [0.29, 0.717) is 11.3 Å². The number of nitrogens with two attached hydrogens (primary N) is 1. The molecule has 0 aliphatic rings. The molecule has 2 aromatic heterocycles. The van der Waals surface area contributed by atoms with Gasteiger partial charge in [0.05, 0.1) is 5.69 Å². The van der Waals surface area contributed by atoms with Gasteiger partial charge in [-0.25, -0.2) is 4.98 Å². The first-order chi connectivity index (χ1) is 11.9. The molecule has 0 saturated carbocycles. The number of allylic oxidation sites excluding steroid dienone is 2. The van der Waals surface area contributed by atoms with Gasteiger partial charge in [-0.05, 0) is 44.0 Å². The first-order valence-electron chi connectivity index (χ1n) is 8.00. The van der Waals surface area contributed by atoms with Crippen molar-refractivity contribution in [3.8, 4) is 11.3 Å². The molecule has 2 heterocycles. The topological polar surface area (TPSA) is 67.2 Å². The lowest BCUT2D eigenvalue weighted by atomic mass is 9.96. The molecule has 0 fully saturated rings. The number of hydrogen-bond donors (Lipinski definition) is 2. The maximum absolute atomic E-state index is 7.72. The molecule has 25 heavy (non-hydrogen) atoms. The van der Waals surface area contributed by atoms with E-state index in [9.17, 15) is 0 Å². The van der Waals surface area contributed by atoms with Gasteiger partial charge in [0.1, 0.15) is 5.65 Å². The van der Waals surface area contributed by atoms with E-state index in [-0.39, 0.29) is 0 Å². The first kappa shape index (κ1) is 17.0. The van der Waals surface area contributed by atoms with Crippen LogP contribution in [0, 0.1) is 12.3 Å². The van der Waals surface area contributed by atoms with E-state index in [0.717, 1.165) is 38.6 Å². The SMILES string of the molecule is CC(=S)c1ccn2c(C)c(-c3ccccc3/C(C=N)=C(\C)N)nc2c1. The van der Waals surface area contributed by atoms with Crippen LogP contribution >= 0.6 is 12.2 Å². The Bertz CT molecular complexity index is 1020. The predicted octanol–water partition coefficient (Wildman–Crippen LogP) is 4.39. The molecule has 126 valence electrons. The molecule has 0 atom stereocenters. The number of aryl methyl sites for hydroxylation is 1. The Hall–Kier alpha value is -2.79. The van der Waals surface area contributed by atoms with Crippen molar-refractivity contribution in [1.29, 1.82) is 5.41 Å². The van der Waals surface area contributed by atoms with Gasteiger partial charge in [-0.15, -0.1) is 0 Å². The maximum atomic E-state index is 7.72. The van der Waals surface area contributed by atoms with Crippen molar-refractivity contribution in [1.82, 2.24) is 9.38 Å². The molecule has 0 unspecified atom stereocenters. The second-order valence-electron chi connectivity index (χ2n) is 6.03. The summed E-state index contributed by atoms with van der Waals surface area (Å²) in [7, 11) is 0. The fourth-order valence-electron chi connectivity index (χ4n) is 2.97. The lowest BCUT2D eigenvalue weighted by Gasteiger charge is -2.10. The van der Waals surface area contributed by atoms with Gasteiger partial charge >= 0.3 is 0 Å². The van der Waals surface area contributed by atoms with Gasteiger partial charge in [-0.2, -0.15) is 0 Å². The fraction of sp³-hybridized carbons (Fsp3) is 0.150. The molecule has 3 N–H and O–H groups in total. The minimum atomic E-state index is 0.613. The molecule has 3 rings (SSSR count).